The van der Waals surface area contributed by atoms with Crippen molar-refractivity contribution in [1.82, 2.24) is 5.32 Å². The maximum absolute atomic E-state index is 5.51. The number of hydrogen-bond acceptors (Lipinski definition) is 5. The Bertz CT molecular complexity index is 475. The van der Waals surface area contributed by atoms with E-state index in [1.54, 1.807) is 14.2 Å². The van der Waals surface area contributed by atoms with Gasteiger partial charge in [-0.3, -0.25) is 0 Å². The maximum Gasteiger partial charge on any atom is 0.120 e. The van der Waals surface area contributed by atoms with E-state index in [4.69, 9.17) is 14.2 Å². The first kappa shape index (κ1) is 15.6. The predicted molar refractivity (Wildman–Crippen MR) is 86.8 cm³/mol. The standard InChI is InChI=1S/C17H26N2O3/c1-20-15-5-3-4-14(10-15)19-8-6-13(7-9-19)18-16-11-22-12-17(16)21-2/h3-5,10,13,16-18H,6-9,11-12H2,1-2H3/t16-,17-/m0/s1. The highest BCUT2D eigenvalue weighted by Crippen LogP contribution is 2.24. The molecule has 0 aliphatic carbocycles. The highest BCUT2D eigenvalue weighted by Gasteiger charge is 2.31. The first-order chi connectivity index (χ1) is 10.8. The molecule has 5 nitrogen and oxygen atoms in total. The Morgan fingerprint density at radius 1 is 1.18 bits per heavy atom. The van der Waals surface area contributed by atoms with Crippen LogP contribution in [-0.2, 0) is 9.47 Å². The Morgan fingerprint density at radius 3 is 2.73 bits per heavy atom. The van der Waals surface area contributed by atoms with Gasteiger partial charge in [-0.15, -0.1) is 0 Å². The van der Waals surface area contributed by atoms with Gasteiger partial charge in [0.05, 0.1) is 32.5 Å². The summed E-state index contributed by atoms with van der Waals surface area (Å²) >= 11 is 0. The van der Waals surface area contributed by atoms with E-state index in [1.807, 2.05) is 6.07 Å². The Kier molecular flexibility index (Phi) is 5.18. The van der Waals surface area contributed by atoms with Gasteiger partial charge in [-0.25, -0.2) is 0 Å². The monoisotopic (exact) mass is 306 g/mol. The van der Waals surface area contributed by atoms with Crippen LogP contribution in [0.5, 0.6) is 5.75 Å². The molecule has 2 atom stereocenters. The van der Waals surface area contributed by atoms with Gasteiger partial charge in [0.1, 0.15) is 5.75 Å². The lowest BCUT2D eigenvalue weighted by Gasteiger charge is -2.35. The lowest BCUT2D eigenvalue weighted by atomic mass is 10.0. The van der Waals surface area contributed by atoms with E-state index < -0.39 is 0 Å². The van der Waals surface area contributed by atoms with Crippen molar-refractivity contribution in [2.75, 3.05) is 45.4 Å². The fourth-order valence-electron chi connectivity index (χ4n) is 3.34. The zero-order valence-electron chi connectivity index (χ0n) is 13.5. The highest BCUT2D eigenvalue weighted by atomic mass is 16.5. The Labute approximate surface area is 132 Å². The fourth-order valence-corrected chi connectivity index (χ4v) is 3.34. The van der Waals surface area contributed by atoms with Gasteiger partial charge in [-0.2, -0.15) is 0 Å². The van der Waals surface area contributed by atoms with Crippen molar-refractivity contribution in [3.63, 3.8) is 0 Å². The molecule has 2 aliphatic heterocycles. The number of ether oxygens (including phenoxy) is 3. The number of rotatable bonds is 5. The number of anilines is 1. The van der Waals surface area contributed by atoms with Gasteiger partial charge >= 0.3 is 0 Å². The average molecular weight is 306 g/mol. The molecule has 0 aromatic heterocycles. The first-order valence-corrected chi connectivity index (χ1v) is 8.05. The molecule has 22 heavy (non-hydrogen) atoms. The normalized spacial score (nSPS) is 26.4. The summed E-state index contributed by atoms with van der Waals surface area (Å²) in [6.07, 6.45) is 2.48. The summed E-state index contributed by atoms with van der Waals surface area (Å²) in [5, 5.41) is 3.71. The van der Waals surface area contributed by atoms with Crippen LogP contribution >= 0.6 is 0 Å². The third kappa shape index (κ3) is 3.54. The maximum atomic E-state index is 5.51. The first-order valence-electron chi connectivity index (χ1n) is 8.05. The summed E-state index contributed by atoms with van der Waals surface area (Å²) in [6.45, 7) is 3.59. The van der Waals surface area contributed by atoms with Gasteiger partial charge in [0.2, 0.25) is 0 Å². The lowest BCUT2D eigenvalue weighted by molar-refractivity contribution is 0.0711. The van der Waals surface area contributed by atoms with Crippen LogP contribution in [0.25, 0.3) is 0 Å². The van der Waals surface area contributed by atoms with Gasteiger partial charge in [0.15, 0.2) is 0 Å². The van der Waals surface area contributed by atoms with Gasteiger partial charge in [-0.1, -0.05) is 6.07 Å². The topological polar surface area (TPSA) is 43.0 Å². The Hall–Kier alpha value is -1.30. The Morgan fingerprint density at radius 2 is 2.00 bits per heavy atom. The molecule has 2 fully saturated rings. The van der Waals surface area contributed by atoms with Gasteiger partial charge in [-0.05, 0) is 25.0 Å². The van der Waals surface area contributed by atoms with Crippen molar-refractivity contribution >= 4 is 5.69 Å². The van der Waals surface area contributed by atoms with Crippen molar-refractivity contribution < 1.29 is 14.2 Å². The number of benzene rings is 1. The molecule has 0 radical (unpaired) electrons. The van der Waals surface area contributed by atoms with Gasteiger partial charge < -0.3 is 24.4 Å². The van der Waals surface area contributed by atoms with Crippen molar-refractivity contribution in [2.45, 2.75) is 31.0 Å². The quantitative estimate of drug-likeness (QED) is 0.896. The molecule has 2 saturated heterocycles. The van der Waals surface area contributed by atoms with Gasteiger partial charge in [0.25, 0.3) is 0 Å². The molecule has 0 unspecified atom stereocenters. The van der Waals surface area contributed by atoms with Gasteiger partial charge in [0, 0.05) is 38.0 Å². The molecule has 0 amide bonds. The summed E-state index contributed by atoms with van der Waals surface area (Å²) in [6, 6.07) is 9.19. The van der Waals surface area contributed by atoms with E-state index in [0.29, 0.717) is 18.7 Å². The Balaban J connectivity index is 1.51. The van der Waals surface area contributed by atoms with Crippen molar-refractivity contribution in [2.24, 2.45) is 0 Å². The largest absolute Gasteiger partial charge is 0.497 e. The summed E-state index contributed by atoms with van der Waals surface area (Å²) in [5.41, 5.74) is 1.25. The van der Waals surface area contributed by atoms with E-state index in [1.165, 1.54) is 5.69 Å². The average Bonchev–Trinajstić information content (AvgIpc) is 3.03. The molecule has 3 rings (SSSR count). The molecule has 0 bridgehead atoms. The summed E-state index contributed by atoms with van der Waals surface area (Å²) in [4.78, 5) is 2.43. The van der Waals surface area contributed by atoms with Crippen LogP contribution in [-0.4, -0.2) is 58.7 Å². The molecule has 0 saturated carbocycles. The zero-order valence-corrected chi connectivity index (χ0v) is 13.5. The zero-order chi connectivity index (χ0) is 15.4. The lowest BCUT2D eigenvalue weighted by Crippen LogP contribution is -2.50. The molecular formula is C17H26N2O3. The predicted octanol–water partition coefficient (Wildman–Crippen LogP) is 1.67. The van der Waals surface area contributed by atoms with E-state index in [2.05, 4.69) is 28.4 Å². The van der Waals surface area contributed by atoms with Crippen molar-refractivity contribution in [1.29, 1.82) is 0 Å². The van der Waals surface area contributed by atoms with E-state index in [0.717, 1.165) is 38.3 Å². The molecular weight excluding hydrogens is 280 g/mol. The van der Waals surface area contributed by atoms with E-state index in [-0.39, 0.29) is 6.10 Å². The van der Waals surface area contributed by atoms with Crippen LogP contribution in [0.1, 0.15) is 12.8 Å². The smallest absolute Gasteiger partial charge is 0.120 e. The summed E-state index contributed by atoms with van der Waals surface area (Å²) < 4.78 is 16.3. The molecule has 2 aliphatic rings. The van der Waals surface area contributed by atoms with Crippen molar-refractivity contribution in [3.05, 3.63) is 24.3 Å². The molecule has 5 heteroatoms. The number of piperidine rings is 1. The molecule has 1 aromatic rings. The molecule has 1 aromatic carbocycles. The van der Waals surface area contributed by atoms with Crippen LogP contribution in [0.4, 0.5) is 5.69 Å². The third-order valence-corrected chi connectivity index (χ3v) is 4.69. The fraction of sp³-hybridized carbons (Fsp3) is 0.647. The summed E-state index contributed by atoms with van der Waals surface area (Å²) in [5.74, 6) is 0.920. The molecule has 0 spiro atoms. The number of methoxy groups -OCH3 is 2. The highest BCUT2D eigenvalue weighted by molar-refractivity contribution is 5.51. The SMILES string of the molecule is COc1cccc(N2CCC(N[C@H]3COC[C@@H]3OC)CC2)c1. The molecule has 2 heterocycles. The third-order valence-electron chi connectivity index (χ3n) is 4.69. The number of nitrogens with one attached hydrogen (secondary N) is 1. The minimum atomic E-state index is 0.191. The summed E-state index contributed by atoms with van der Waals surface area (Å²) in [7, 11) is 3.48. The number of nitrogens with zero attached hydrogens (tertiary/aromatic N) is 1. The van der Waals surface area contributed by atoms with Crippen LogP contribution in [0, 0.1) is 0 Å². The van der Waals surface area contributed by atoms with E-state index >= 15 is 0 Å². The second-order valence-corrected chi connectivity index (χ2v) is 6.05. The van der Waals surface area contributed by atoms with Crippen LogP contribution < -0.4 is 15.0 Å². The number of hydrogen-bond donors (Lipinski definition) is 1. The van der Waals surface area contributed by atoms with Crippen LogP contribution in [0.3, 0.4) is 0 Å². The second kappa shape index (κ2) is 7.31. The van der Waals surface area contributed by atoms with E-state index in [9.17, 15) is 0 Å². The molecule has 1 N–H and O–H groups in total. The minimum Gasteiger partial charge on any atom is -0.497 e. The van der Waals surface area contributed by atoms with Crippen LogP contribution in [0.15, 0.2) is 24.3 Å². The van der Waals surface area contributed by atoms with Crippen molar-refractivity contribution in [3.8, 4) is 5.75 Å². The molecule has 122 valence electrons. The van der Waals surface area contributed by atoms with Crippen LogP contribution in [0.2, 0.25) is 0 Å². The second-order valence-electron chi connectivity index (χ2n) is 6.05. The minimum absolute atomic E-state index is 0.191.